The van der Waals surface area contributed by atoms with Gasteiger partial charge in [0.15, 0.2) is 0 Å². The number of nitrogens with one attached hydrogen (secondary N) is 2. The summed E-state index contributed by atoms with van der Waals surface area (Å²) in [6.07, 6.45) is 5.23. The van der Waals surface area contributed by atoms with Crippen molar-refractivity contribution >= 4 is 28.9 Å². The van der Waals surface area contributed by atoms with Crippen molar-refractivity contribution in [2.45, 2.75) is 58.4 Å². The summed E-state index contributed by atoms with van der Waals surface area (Å²) in [5.74, 6) is -1.02. The third-order valence-corrected chi connectivity index (χ3v) is 6.12. The Balaban J connectivity index is 1.69. The van der Waals surface area contributed by atoms with Crippen molar-refractivity contribution in [2.75, 3.05) is 13.2 Å². The lowest BCUT2D eigenvalue weighted by atomic mass is 9.97. The number of esters is 2. The van der Waals surface area contributed by atoms with Crippen LogP contribution in [-0.2, 0) is 27.1 Å². The summed E-state index contributed by atoms with van der Waals surface area (Å²) in [5, 5.41) is 6.10. The minimum absolute atomic E-state index is 0.203. The van der Waals surface area contributed by atoms with Crippen LogP contribution in [0.5, 0.6) is 0 Å². The maximum absolute atomic E-state index is 13.4. The molecule has 0 spiro atoms. The summed E-state index contributed by atoms with van der Waals surface area (Å²) >= 11 is 0. The molecule has 33 heavy (non-hydrogen) atoms. The summed E-state index contributed by atoms with van der Waals surface area (Å²) in [5.41, 5.74) is 3.72. The van der Waals surface area contributed by atoms with Crippen molar-refractivity contribution in [1.29, 1.82) is 0 Å². The second-order valence-electron chi connectivity index (χ2n) is 8.24. The van der Waals surface area contributed by atoms with Gasteiger partial charge < -0.3 is 20.1 Å². The molecule has 0 fully saturated rings. The maximum Gasteiger partial charge on any atom is 0.339 e. The Labute approximate surface area is 192 Å². The number of aromatic nitrogens is 1. The molecular formula is C25H29N3O5. The Bertz CT molecular complexity index is 1120. The smallest absolute Gasteiger partial charge is 0.339 e. The van der Waals surface area contributed by atoms with Crippen LogP contribution in [0.1, 0.15) is 61.1 Å². The molecule has 0 bridgehead atoms. The number of hydrogen-bond acceptors (Lipinski definition) is 6. The third-order valence-electron chi connectivity index (χ3n) is 6.12. The van der Waals surface area contributed by atoms with Crippen molar-refractivity contribution in [1.82, 2.24) is 15.6 Å². The van der Waals surface area contributed by atoms with Crippen molar-refractivity contribution in [3.63, 3.8) is 0 Å². The number of fused-ring (bicyclic) bond motifs is 2. The van der Waals surface area contributed by atoms with E-state index in [0.29, 0.717) is 12.0 Å². The van der Waals surface area contributed by atoms with Crippen molar-refractivity contribution < 1.29 is 23.9 Å². The number of hydrogen-bond donors (Lipinski definition) is 2. The Kier molecular flexibility index (Phi) is 6.91. The lowest BCUT2D eigenvalue weighted by Crippen LogP contribution is -2.51. The Hall–Kier alpha value is -3.42. The molecule has 2 N–H and O–H groups in total. The molecule has 1 atom stereocenters. The van der Waals surface area contributed by atoms with Gasteiger partial charge in [-0.3, -0.25) is 4.98 Å². The van der Waals surface area contributed by atoms with Crippen LogP contribution in [0, 0.1) is 0 Å². The standard InChI is InChI=1S/C25H29N3O5/c1-3-17-22(24(30)32-4-2)20(28-25(31)27-17)14-33-23(29)21-15-10-6-5-7-12-18(15)26-19-13-9-8-11-16(19)21/h8-9,11,13,17H,3-7,10,12,14H2,1-2H3,(H2,27,28,31)/t17-/m0/s1. The van der Waals surface area contributed by atoms with Gasteiger partial charge in [0.25, 0.3) is 0 Å². The molecule has 1 aliphatic carbocycles. The summed E-state index contributed by atoms with van der Waals surface area (Å²) in [6, 6.07) is 6.61. The van der Waals surface area contributed by atoms with Gasteiger partial charge in [0.2, 0.25) is 0 Å². The molecule has 8 heteroatoms. The second kappa shape index (κ2) is 10.0. The van der Waals surface area contributed by atoms with Crippen LogP contribution < -0.4 is 10.6 Å². The second-order valence-corrected chi connectivity index (χ2v) is 8.24. The molecule has 1 aromatic heterocycles. The summed E-state index contributed by atoms with van der Waals surface area (Å²) in [4.78, 5) is 42.9. The summed E-state index contributed by atoms with van der Waals surface area (Å²) in [6.45, 7) is 3.54. The zero-order valence-electron chi connectivity index (χ0n) is 19.0. The van der Waals surface area contributed by atoms with Crippen LogP contribution >= 0.6 is 0 Å². The largest absolute Gasteiger partial charge is 0.463 e. The van der Waals surface area contributed by atoms with E-state index < -0.39 is 24.0 Å². The zero-order valence-corrected chi connectivity index (χ0v) is 19.0. The van der Waals surface area contributed by atoms with E-state index in [4.69, 9.17) is 14.5 Å². The number of carbonyl (C=O) groups excluding carboxylic acids is 3. The number of ether oxygens (including phenoxy) is 2. The summed E-state index contributed by atoms with van der Waals surface area (Å²) < 4.78 is 10.9. The molecule has 2 aromatic rings. The first-order chi connectivity index (χ1) is 16.0. The molecule has 174 valence electrons. The number of benzene rings is 1. The van der Waals surface area contributed by atoms with Crippen molar-refractivity contribution in [3.05, 3.63) is 52.4 Å². The van der Waals surface area contributed by atoms with E-state index in [9.17, 15) is 14.4 Å². The van der Waals surface area contributed by atoms with Gasteiger partial charge in [-0.2, -0.15) is 0 Å². The summed E-state index contributed by atoms with van der Waals surface area (Å²) in [7, 11) is 0. The minimum atomic E-state index is -0.536. The normalized spacial score (nSPS) is 18.1. The number of carbonyl (C=O) groups is 3. The predicted octanol–water partition coefficient (Wildman–Crippen LogP) is 3.57. The lowest BCUT2D eigenvalue weighted by Gasteiger charge is -2.28. The molecular weight excluding hydrogens is 422 g/mol. The van der Waals surface area contributed by atoms with E-state index in [1.807, 2.05) is 31.2 Å². The highest BCUT2D eigenvalue weighted by Crippen LogP contribution is 2.29. The lowest BCUT2D eigenvalue weighted by molar-refractivity contribution is -0.139. The van der Waals surface area contributed by atoms with E-state index in [1.165, 1.54) is 0 Å². The number of urea groups is 1. The monoisotopic (exact) mass is 451 g/mol. The maximum atomic E-state index is 13.4. The van der Waals surface area contributed by atoms with Gasteiger partial charge >= 0.3 is 18.0 Å². The van der Waals surface area contributed by atoms with Crippen LogP contribution in [0.2, 0.25) is 0 Å². The van der Waals surface area contributed by atoms with Gasteiger partial charge in [-0.25, -0.2) is 14.4 Å². The molecule has 0 saturated carbocycles. The number of rotatable bonds is 6. The van der Waals surface area contributed by atoms with Gasteiger partial charge in [0.05, 0.1) is 35.0 Å². The molecule has 0 radical (unpaired) electrons. The molecule has 1 aliphatic heterocycles. The van der Waals surface area contributed by atoms with E-state index >= 15 is 0 Å². The molecule has 0 saturated heterocycles. The molecule has 4 rings (SSSR count). The van der Waals surface area contributed by atoms with Gasteiger partial charge in [-0.05, 0) is 50.7 Å². The van der Waals surface area contributed by atoms with Crippen molar-refractivity contribution in [3.8, 4) is 0 Å². The first-order valence-corrected chi connectivity index (χ1v) is 11.6. The fourth-order valence-corrected chi connectivity index (χ4v) is 4.57. The van der Waals surface area contributed by atoms with E-state index in [0.717, 1.165) is 54.3 Å². The van der Waals surface area contributed by atoms with Crippen LogP contribution in [0.3, 0.4) is 0 Å². The first-order valence-electron chi connectivity index (χ1n) is 11.6. The molecule has 2 amide bonds. The average Bonchev–Trinajstić information content (AvgIpc) is 3.05. The fraction of sp³-hybridized carbons (Fsp3) is 0.440. The number of amides is 2. The number of para-hydroxylation sites is 1. The fourth-order valence-electron chi connectivity index (χ4n) is 4.57. The Morgan fingerprint density at radius 1 is 1.06 bits per heavy atom. The minimum Gasteiger partial charge on any atom is -0.463 e. The van der Waals surface area contributed by atoms with Crippen LogP contribution in [0.25, 0.3) is 10.9 Å². The van der Waals surface area contributed by atoms with E-state index in [1.54, 1.807) is 6.92 Å². The first kappa shape index (κ1) is 22.8. The van der Waals surface area contributed by atoms with Gasteiger partial charge in [-0.1, -0.05) is 31.5 Å². The SMILES string of the molecule is CCOC(=O)C1=C(COC(=O)c2c3c(nc4ccccc24)CCCCC3)NC(=O)N[C@H]1CC. The number of nitrogens with zero attached hydrogens (tertiary/aromatic N) is 1. The molecule has 0 unspecified atom stereocenters. The van der Waals surface area contributed by atoms with E-state index in [-0.39, 0.29) is 24.5 Å². The molecule has 2 aliphatic rings. The average molecular weight is 452 g/mol. The van der Waals surface area contributed by atoms with Gasteiger partial charge in [0.1, 0.15) is 6.61 Å². The highest BCUT2D eigenvalue weighted by Gasteiger charge is 2.32. The quantitative estimate of drug-likeness (QED) is 0.514. The van der Waals surface area contributed by atoms with Crippen LogP contribution in [0.4, 0.5) is 4.79 Å². The topological polar surface area (TPSA) is 107 Å². The molecule has 2 heterocycles. The number of aryl methyl sites for hydroxylation is 1. The van der Waals surface area contributed by atoms with Crippen LogP contribution in [-0.4, -0.2) is 42.2 Å². The molecule has 1 aromatic carbocycles. The van der Waals surface area contributed by atoms with E-state index in [2.05, 4.69) is 10.6 Å². The van der Waals surface area contributed by atoms with Crippen molar-refractivity contribution in [2.24, 2.45) is 0 Å². The van der Waals surface area contributed by atoms with Gasteiger partial charge in [0, 0.05) is 11.1 Å². The highest BCUT2D eigenvalue weighted by molar-refractivity contribution is 6.05. The molecule has 8 nitrogen and oxygen atoms in total. The highest BCUT2D eigenvalue weighted by atomic mass is 16.5. The Morgan fingerprint density at radius 2 is 1.85 bits per heavy atom. The third kappa shape index (κ3) is 4.69. The van der Waals surface area contributed by atoms with Crippen LogP contribution in [0.15, 0.2) is 35.5 Å². The predicted molar refractivity (Wildman–Crippen MR) is 123 cm³/mol. The number of pyridine rings is 1. The Morgan fingerprint density at radius 3 is 2.64 bits per heavy atom. The zero-order chi connectivity index (χ0) is 23.4. The van der Waals surface area contributed by atoms with Gasteiger partial charge in [-0.15, -0.1) is 0 Å².